The Bertz CT molecular complexity index is 735. The highest BCUT2D eigenvalue weighted by molar-refractivity contribution is 5.67. The van der Waals surface area contributed by atoms with Crippen LogP contribution in [0.15, 0.2) is 60.7 Å². The van der Waals surface area contributed by atoms with Crippen LogP contribution in [-0.4, -0.2) is 38.4 Å². The number of rotatable bonds is 18. The molecule has 2 aromatic carbocycles. The molecule has 7 heteroatoms. The summed E-state index contributed by atoms with van der Waals surface area (Å²) in [7, 11) is 0. The maximum absolute atomic E-state index is 11.7. The van der Waals surface area contributed by atoms with E-state index in [0.717, 1.165) is 75.6 Å². The molecule has 0 aliphatic carbocycles. The Kier molecular flexibility index (Phi) is 15.5. The number of hydrogen-bond donors (Lipinski definition) is 3. The third-order valence-electron chi connectivity index (χ3n) is 5.52. The summed E-state index contributed by atoms with van der Waals surface area (Å²) < 4.78 is 10.4. The van der Waals surface area contributed by atoms with Gasteiger partial charge in [-0.15, -0.1) is 0 Å². The van der Waals surface area contributed by atoms with Crippen molar-refractivity contribution in [1.82, 2.24) is 16.0 Å². The van der Waals surface area contributed by atoms with Gasteiger partial charge in [0.15, 0.2) is 0 Å². The molecule has 7 nitrogen and oxygen atoms in total. The van der Waals surface area contributed by atoms with Crippen LogP contribution in [0, 0.1) is 0 Å². The van der Waals surface area contributed by atoms with Crippen molar-refractivity contribution in [3.05, 3.63) is 71.8 Å². The zero-order valence-electron chi connectivity index (χ0n) is 20.8. The first-order valence-corrected chi connectivity index (χ1v) is 12.8. The first kappa shape index (κ1) is 28.2. The summed E-state index contributed by atoms with van der Waals surface area (Å²) in [6.07, 6.45) is 8.02. The molecule has 0 saturated carbocycles. The van der Waals surface area contributed by atoms with Gasteiger partial charge in [-0.3, -0.25) is 0 Å². The molecule has 0 heterocycles. The van der Waals surface area contributed by atoms with E-state index in [1.54, 1.807) is 0 Å². The molecule has 0 saturated heterocycles. The summed E-state index contributed by atoms with van der Waals surface area (Å²) >= 11 is 0. The van der Waals surface area contributed by atoms with E-state index in [-0.39, 0.29) is 12.2 Å². The lowest BCUT2D eigenvalue weighted by molar-refractivity contribution is 0.138. The highest BCUT2D eigenvalue weighted by Gasteiger charge is 2.02. The van der Waals surface area contributed by atoms with Crippen LogP contribution in [0.5, 0.6) is 0 Å². The van der Waals surface area contributed by atoms with E-state index < -0.39 is 0 Å². The van der Waals surface area contributed by atoms with E-state index in [1.165, 1.54) is 0 Å². The van der Waals surface area contributed by atoms with Crippen molar-refractivity contribution in [3.63, 3.8) is 0 Å². The predicted octanol–water partition coefficient (Wildman–Crippen LogP) is 5.55. The van der Waals surface area contributed by atoms with Gasteiger partial charge >= 0.3 is 12.2 Å². The number of carbonyl (C=O) groups excluding carboxylic acids is 2. The van der Waals surface area contributed by atoms with Gasteiger partial charge in [-0.1, -0.05) is 86.3 Å². The van der Waals surface area contributed by atoms with Crippen LogP contribution in [0.2, 0.25) is 0 Å². The molecule has 2 amide bonds. The molecule has 35 heavy (non-hydrogen) atoms. The number of carbonyl (C=O) groups is 2. The molecule has 0 unspecified atom stereocenters. The number of amides is 2. The molecule has 192 valence electrons. The van der Waals surface area contributed by atoms with Gasteiger partial charge in [0.25, 0.3) is 0 Å². The molecule has 0 spiro atoms. The summed E-state index contributed by atoms with van der Waals surface area (Å²) in [5, 5.41) is 9.10. The average Bonchev–Trinajstić information content (AvgIpc) is 2.89. The minimum atomic E-state index is -0.353. The minimum Gasteiger partial charge on any atom is -0.445 e. The van der Waals surface area contributed by atoms with Gasteiger partial charge in [-0.2, -0.15) is 0 Å². The molecule has 0 radical (unpaired) electrons. The van der Waals surface area contributed by atoms with E-state index in [1.807, 2.05) is 60.7 Å². The Morgan fingerprint density at radius 2 is 0.886 bits per heavy atom. The van der Waals surface area contributed by atoms with Crippen LogP contribution in [0.3, 0.4) is 0 Å². The Labute approximate surface area is 210 Å². The van der Waals surface area contributed by atoms with Gasteiger partial charge < -0.3 is 25.4 Å². The standard InChI is InChI=1S/C28H41N3O4/c32-27(34-23-25-15-7-5-8-16-25)30-21-13-3-1-11-19-29-20-12-2-4-14-22-31-28(33)35-24-26-17-9-6-10-18-26/h5-10,15-18,29H,1-4,11-14,19-24H2,(H,30,32)(H,31,33). The van der Waals surface area contributed by atoms with Crippen LogP contribution in [0.1, 0.15) is 62.5 Å². The quantitative estimate of drug-likeness (QED) is 0.242. The molecule has 3 N–H and O–H groups in total. The Balaban J connectivity index is 1.26. The monoisotopic (exact) mass is 483 g/mol. The highest BCUT2D eigenvalue weighted by Crippen LogP contribution is 2.03. The molecule has 2 aromatic rings. The van der Waals surface area contributed by atoms with E-state index >= 15 is 0 Å². The first-order chi connectivity index (χ1) is 17.2. The number of benzene rings is 2. The molecule has 2 rings (SSSR count). The lowest BCUT2D eigenvalue weighted by Crippen LogP contribution is -2.25. The van der Waals surface area contributed by atoms with Crippen molar-refractivity contribution in [2.24, 2.45) is 0 Å². The largest absolute Gasteiger partial charge is 0.445 e. The fraction of sp³-hybridized carbons (Fsp3) is 0.500. The summed E-state index contributed by atoms with van der Waals surface area (Å²) in [5.41, 5.74) is 1.98. The van der Waals surface area contributed by atoms with E-state index in [0.29, 0.717) is 26.3 Å². The molecule has 0 aliphatic heterocycles. The molecule has 0 aliphatic rings. The molecular formula is C28H41N3O4. The maximum atomic E-state index is 11.7. The number of alkyl carbamates (subject to hydrolysis) is 2. The maximum Gasteiger partial charge on any atom is 0.407 e. The Morgan fingerprint density at radius 3 is 1.29 bits per heavy atom. The summed E-state index contributed by atoms with van der Waals surface area (Å²) in [5.74, 6) is 0. The number of hydrogen-bond acceptors (Lipinski definition) is 5. The Hall–Kier alpha value is -3.06. The second kappa shape index (κ2) is 19.3. The van der Waals surface area contributed by atoms with Gasteiger partial charge in [-0.05, 0) is 49.9 Å². The fourth-order valence-corrected chi connectivity index (χ4v) is 3.51. The van der Waals surface area contributed by atoms with E-state index in [2.05, 4.69) is 16.0 Å². The molecular weight excluding hydrogens is 442 g/mol. The van der Waals surface area contributed by atoms with Crippen molar-refractivity contribution < 1.29 is 19.1 Å². The second-order valence-electron chi connectivity index (χ2n) is 8.56. The normalized spacial score (nSPS) is 10.5. The van der Waals surface area contributed by atoms with Gasteiger partial charge in [0.05, 0.1) is 0 Å². The summed E-state index contributed by atoms with van der Waals surface area (Å²) in [6.45, 7) is 3.97. The lowest BCUT2D eigenvalue weighted by atomic mass is 10.2. The van der Waals surface area contributed by atoms with Crippen LogP contribution in [-0.2, 0) is 22.7 Å². The molecule has 0 fully saturated rings. The first-order valence-electron chi connectivity index (χ1n) is 12.8. The van der Waals surface area contributed by atoms with Gasteiger partial charge in [0, 0.05) is 13.1 Å². The summed E-state index contributed by atoms with van der Waals surface area (Å²) in [4.78, 5) is 23.3. The van der Waals surface area contributed by atoms with Crippen molar-refractivity contribution in [3.8, 4) is 0 Å². The highest BCUT2D eigenvalue weighted by atomic mass is 16.6. The van der Waals surface area contributed by atoms with Crippen LogP contribution < -0.4 is 16.0 Å². The SMILES string of the molecule is O=C(NCCCCCCNCCCCCCNC(=O)OCc1ccccc1)OCc1ccccc1. The topological polar surface area (TPSA) is 88.7 Å². The zero-order valence-corrected chi connectivity index (χ0v) is 20.8. The Morgan fingerprint density at radius 1 is 0.514 bits per heavy atom. The van der Waals surface area contributed by atoms with Crippen molar-refractivity contribution in [2.75, 3.05) is 26.2 Å². The van der Waals surface area contributed by atoms with Crippen molar-refractivity contribution >= 4 is 12.2 Å². The van der Waals surface area contributed by atoms with Crippen LogP contribution >= 0.6 is 0 Å². The van der Waals surface area contributed by atoms with Crippen molar-refractivity contribution in [2.45, 2.75) is 64.6 Å². The smallest absolute Gasteiger partial charge is 0.407 e. The molecule has 0 bridgehead atoms. The second-order valence-corrected chi connectivity index (χ2v) is 8.56. The predicted molar refractivity (Wildman–Crippen MR) is 139 cm³/mol. The minimum absolute atomic E-state index is 0.305. The third kappa shape index (κ3) is 15.5. The number of ether oxygens (including phenoxy) is 2. The molecule has 0 aromatic heterocycles. The molecule has 0 atom stereocenters. The van der Waals surface area contributed by atoms with E-state index in [4.69, 9.17) is 9.47 Å². The van der Waals surface area contributed by atoms with Gasteiger partial charge in [0.1, 0.15) is 13.2 Å². The zero-order chi connectivity index (χ0) is 24.8. The van der Waals surface area contributed by atoms with Crippen molar-refractivity contribution in [1.29, 1.82) is 0 Å². The third-order valence-corrected chi connectivity index (χ3v) is 5.52. The summed E-state index contributed by atoms with van der Waals surface area (Å²) in [6, 6.07) is 19.4. The van der Waals surface area contributed by atoms with Crippen LogP contribution in [0.4, 0.5) is 9.59 Å². The van der Waals surface area contributed by atoms with Gasteiger partial charge in [-0.25, -0.2) is 9.59 Å². The number of unbranched alkanes of at least 4 members (excludes halogenated alkanes) is 6. The average molecular weight is 484 g/mol. The fourth-order valence-electron chi connectivity index (χ4n) is 3.51. The van der Waals surface area contributed by atoms with E-state index in [9.17, 15) is 9.59 Å². The lowest BCUT2D eigenvalue weighted by Gasteiger charge is -2.08. The number of nitrogens with one attached hydrogen (secondary N) is 3. The van der Waals surface area contributed by atoms with Gasteiger partial charge in [0.2, 0.25) is 0 Å². The van der Waals surface area contributed by atoms with Crippen LogP contribution in [0.25, 0.3) is 0 Å².